The number of rotatable bonds is 3. The quantitative estimate of drug-likeness (QED) is 0.870. The van der Waals surface area contributed by atoms with E-state index in [0.29, 0.717) is 11.3 Å². The van der Waals surface area contributed by atoms with E-state index in [2.05, 4.69) is 32.0 Å². The average Bonchev–Trinajstić information content (AvgIpc) is 2.27. The van der Waals surface area contributed by atoms with Crippen molar-refractivity contribution in [1.82, 2.24) is 0 Å². The fourth-order valence-corrected chi connectivity index (χ4v) is 3.08. The van der Waals surface area contributed by atoms with Crippen LogP contribution in [0.5, 0.6) is 5.75 Å². The second-order valence-electron chi connectivity index (χ2n) is 5.88. The van der Waals surface area contributed by atoms with Crippen LogP contribution in [0.4, 0.5) is 0 Å². The van der Waals surface area contributed by atoms with Gasteiger partial charge in [-0.05, 0) is 60.4 Å². The van der Waals surface area contributed by atoms with Gasteiger partial charge in [-0.3, -0.25) is 0 Å². The third-order valence-corrected chi connectivity index (χ3v) is 3.77. The highest BCUT2D eigenvalue weighted by atomic mass is 16.5. The molecule has 0 radical (unpaired) electrons. The van der Waals surface area contributed by atoms with Crippen molar-refractivity contribution in [1.29, 1.82) is 0 Å². The molecule has 2 rings (SSSR count). The Labute approximate surface area is 104 Å². The summed E-state index contributed by atoms with van der Waals surface area (Å²) in [6, 6.07) is 6.49. The van der Waals surface area contributed by atoms with Gasteiger partial charge < -0.3 is 10.5 Å². The van der Waals surface area contributed by atoms with Crippen molar-refractivity contribution in [2.75, 3.05) is 13.7 Å². The Bertz CT molecular complexity index is 398. The highest BCUT2D eigenvalue weighted by Crippen LogP contribution is 2.44. The molecule has 17 heavy (non-hydrogen) atoms. The molecule has 0 amide bonds. The number of ether oxygens (including phenoxy) is 1. The second-order valence-corrected chi connectivity index (χ2v) is 5.88. The van der Waals surface area contributed by atoms with E-state index >= 15 is 0 Å². The normalized spacial score (nSPS) is 22.0. The van der Waals surface area contributed by atoms with Crippen molar-refractivity contribution in [3.05, 3.63) is 29.3 Å². The molecule has 2 heteroatoms. The molecule has 0 fully saturated rings. The number of methoxy groups -OCH3 is 1. The molecule has 0 aliphatic heterocycles. The largest absolute Gasteiger partial charge is 0.497 e. The SMILES string of the molecule is COc1ccc2c(c1)CC(C)(C)CC2CCN. The van der Waals surface area contributed by atoms with Gasteiger partial charge >= 0.3 is 0 Å². The van der Waals surface area contributed by atoms with Gasteiger partial charge in [-0.1, -0.05) is 19.9 Å². The maximum atomic E-state index is 5.74. The molecule has 0 heterocycles. The van der Waals surface area contributed by atoms with Gasteiger partial charge in [0.05, 0.1) is 7.11 Å². The molecule has 1 aliphatic rings. The van der Waals surface area contributed by atoms with Crippen LogP contribution < -0.4 is 10.5 Å². The molecule has 0 bridgehead atoms. The monoisotopic (exact) mass is 233 g/mol. The number of fused-ring (bicyclic) bond motifs is 1. The highest BCUT2D eigenvalue weighted by Gasteiger charge is 2.31. The van der Waals surface area contributed by atoms with E-state index in [9.17, 15) is 0 Å². The summed E-state index contributed by atoms with van der Waals surface area (Å²) in [6.07, 6.45) is 3.47. The lowest BCUT2D eigenvalue weighted by Gasteiger charge is -2.37. The Kier molecular flexibility index (Phi) is 3.43. The molecule has 1 atom stereocenters. The molecular formula is C15H23NO. The smallest absolute Gasteiger partial charge is 0.119 e. The first-order valence-corrected chi connectivity index (χ1v) is 6.42. The fraction of sp³-hybridized carbons (Fsp3) is 0.600. The minimum absolute atomic E-state index is 0.374. The van der Waals surface area contributed by atoms with Crippen molar-refractivity contribution in [2.45, 2.75) is 39.0 Å². The fourth-order valence-electron chi connectivity index (χ4n) is 3.08. The van der Waals surface area contributed by atoms with Gasteiger partial charge in [0.15, 0.2) is 0 Å². The van der Waals surface area contributed by atoms with E-state index in [4.69, 9.17) is 10.5 Å². The summed E-state index contributed by atoms with van der Waals surface area (Å²) in [5.74, 6) is 1.58. The van der Waals surface area contributed by atoms with Crippen LogP contribution in [0.1, 0.15) is 43.7 Å². The van der Waals surface area contributed by atoms with Crippen LogP contribution in [0.3, 0.4) is 0 Å². The lowest BCUT2D eigenvalue weighted by atomic mass is 9.68. The lowest BCUT2D eigenvalue weighted by molar-refractivity contribution is 0.274. The minimum atomic E-state index is 0.374. The van der Waals surface area contributed by atoms with Crippen molar-refractivity contribution in [2.24, 2.45) is 11.1 Å². The predicted molar refractivity (Wildman–Crippen MR) is 71.5 cm³/mol. The van der Waals surface area contributed by atoms with Crippen molar-refractivity contribution < 1.29 is 4.74 Å². The van der Waals surface area contributed by atoms with Gasteiger partial charge in [0.2, 0.25) is 0 Å². The first kappa shape index (κ1) is 12.4. The summed E-state index contributed by atoms with van der Waals surface area (Å²) < 4.78 is 5.32. The van der Waals surface area contributed by atoms with Gasteiger partial charge in [0.25, 0.3) is 0 Å². The molecule has 0 aromatic heterocycles. The summed E-state index contributed by atoms with van der Waals surface area (Å²) in [7, 11) is 1.73. The van der Waals surface area contributed by atoms with Crippen molar-refractivity contribution in [3.8, 4) is 5.75 Å². The van der Waals surface area contributed by atoms with Crippen LogP contribution in [0, 0.1) is 5.41 Å². The van der Waals surface area contributed by atoms with Crippen molar-refractivity contribution in [3.63, 3.8) is 0 Å². The summed E-state index contributed by atoms with van der Waals surface area (Å²) in [5.41, 5.74) is 9.04. The highest BCUT2D eigenvalue weighted by molar-refractivity contribution is 5.40. The van der Waals surface area contributed by atoms with Crippen LogP contribution in [-0.2, 0) is 6.42 Å². The predicted octanol–water partition coefficient (Wildman–Crippen LogP) is 3.10. The Morgan fingerprint density at radius 2 is 2.18 bits per heavy atom. The zero-order valence-corrected chi connectivity index (χ0v) is 11.1. The summed E-state index contributed by atoms with van der Waals surface area (Å²) in [6.45, 7) is 5.46. The first-order valence-electron chi connectivity index (χ1n) is 6.42. The van der Waals surface area contributed by atoms with E-state index in [1.807, 2.05) is 0 Å². The summed E-state index contributed by atoms with van der Waals surface area (Å²) in [5, 5.41) is 0. The zero-order chi connectivity index (χ0) is 12.5. The molecule has 1 aromatic rings. The Morgan fingerprint density at radius 3 is 2.82 bits per heavy atom. The van der Waals surface area contributed by atoms with E-state index in [-0.39, 0.29) is 0 Å². The van der Waals surface area contributed by atoms with Gasteiger partial charge in [-0.25, -0.2) is 0 Å². The molecule has 1 aliphatic carbocycles. The molecule has 2 nitrogen and oxygen atoms in total. The molecule has 1 unspecified atom stereocenters. The van der Waals surface area contributed by atoms with Crippen LogP contribution in [0.2, 0.25) is 0 Å². The van der Waals surface area contributed by atoms with E-state index < -0.39 is 0 Å². The number of nitrogens with two attached hydrogens (primary N) is 1. The first-order chi connectivity index (χ1) is 8.05. The lowest BCUT2D eigenvalue weighted by Crippen LogP contribution is -2.26. The average molecular weight is 233 g/mol. The molecule has 1 aromatic carbocycles. The third-order valence-electron chi connectivity index (χ3n) is 3.77. The Hall–Kier alpha value is -1.02. The zero-order valence-electron chi connectivity index (χ0n) is 11.1. The van der Waals surface area contributed by atoms with Crippen LogP contribution in [0.15, 0.2) is 18.2 Å². The minimum Gasteiger partial charge on any atom is -0.497 e. The van der Waals surface area contributed by atoms with Gasteiger partial charge in [0, 0.05) is 0 Å². The molecule has 0 saturated heterocycles. The summed E-state index contributed by atoms with van der Waals surface area (Å²) >= 11 is 0. The van der Waals surface area contributed by atoms with Crippen molar-refractivity contribution >= 4 is 0 Å². The Morgan fingerprint density at radius 1 is 1.41 bits per heavy atom. The standard InChI is InChI=1S/C15H23NO/c1-15(2)9-11(6-7-16)14-5-4-13(17-3)8-12(14)10-15/h4-5,8,11H,6-7,9-10,16H2,1-3H3. The number of hydrogen-bond acceptors (Lipinski definition) is 2. The molecule has 0 spiro atoms. The van der Waals surface area contributed by atoms with Crippen LogP contribution in [0.25, 0.3) is 0 Å². The van der Waals surface area contributed by atoms with Crippen LogP contribution in [-0.4, -0.2) is 13.7 Å². The molecule has 94 valence electrons. The van der Waals surface area contributed by atoms with Crippen LogP contribution >= 0.6 is 0 Å². The van der Waals surface area contributed by atoms with E-state index in [1.54, 1.807) is 7.11 Å². The second kappa shape index (κ2) is 4.69. The molecule has 0 saturated carbocycles. The van der Waals surface area contributed by atoms with E-state index in [1.165, 1.54) is 17.5 Å². The van der Waals surface area contributed by atoms with Gasteiger partial charge in [-0.2, -0.15) is 0 Å². The topological polar surface area (TPSA) is 35.2 Å². The Balaban J connectivity index is 2.37. The maximum Gasteiger partial charge on any atom is 0.119 e. The van der Waals surface area contributed by atoms with Gasteiger partial charge in [0.1, 0.15) is 5.75 Å². The molecule has 2 N–H and O–H groups in total. The summed E-state index contributed by atoms with van der Waals surface area (Å²) in [4.78, 5) is 0. The number of hydrogen-bond donors (Lipinski definition) is 1. The maximum absolute atomic E-state index is 5.74. The number of benzene rings is 1. The third kappa shape index (κ3) is 2.63. The van der Waals surface area contributed by atoms with E-state index in [0.717, 1.165) is 25.1 Å². The molecular weight excluding hydrogens is 210 g/mol. The van der Waals surface area contributed by atoms with Gasteiger partial charge in [-0.15, -0.1) is 0 Å².